The molecule has 0 amide bonds. The topological polar surface area (TPSA) is 40.5 Å². The SMILES string of the molecule is CC(=O)C(CN1CC[C@H](O)C1)c1ccc(Cl)cc1. The van der Waals surface area contributed by atoms with Crippen molar-refractivity contribution in [1.29, 1.82) is 0 Å². The maximum atomic E-state index is 11.8. The van der Waals surface area contributed by atoms with E-state index >= 15 is 0 Å². The molecule has 0 aliphatic carbocycles. The van der Waals surface area contributed by atoms with Gasteiger partial charge in [0.25, 0.3) is 0 Å². The van der Waals surface area contributed by atoms with E-state index in [9.17, 15) is 9.90 Å². The molecule has 1 aromatic rings. The molecule has 1 saturated heterocycles. The Morgan fingerprint density at radius 3 is 2.67 bits per heavy atom. The minimum absolute atomic E-state index is 0.132. The van der Waals surface area contributed by atoms with Crippen LogP contribution < -0.4 is 0 Å². The number of halogens is 1. The van der Waals surface area contributed by atoms with Gasteiger partial charge in [-0.15, -0.1) is 0 Å². The third-order valence-corrected chi connectivity index (χ3v) is 3.70. The highest BCUT2D eigenvalue weighted by Crippen LogP contribution is 2.22. The number of nitrogens with zero attached hydrogens (tertiary/aromatic N) is 1. The smallest absolute Gasteiger partial charge is 0.138 e. The lowest BCUT2D eigenvalue weighted by molar-refractivity contribution is -0.118. The highest BCUT2D eigenvalue weighted by molar-refractivity contribution is 6.30. The lowest BCUT2D eigenvalue weighted by atomic mass is 9.95. The first-order valence-corrected chi connectivity index (χ1v) is 6.60. The van der Waals surface area contributed by atoms with Crippen LogP contribution in [0, 0.1) is 0 Å². The lowest BCUT2D eigenvalue weighted by Crippen LogP contribution is -2.30. The number of ketones is 1. The number of aliphatic hydroxyl groups excluding tert-OH is 1. The zero-order valence-electron chi connectivity index (χ0n) is 10.5. The molecule has 1 aliphatic heterocycles. The summed E-state index contributed by atoms with van der Waals surface area (Å²) in [5.41, 5.74) is 0.994. The van der Waals surface area contributed by atoms with Gasteiger partial charge in [-0.25, -0.2) is 0 Å². The summed E-state index contributed by atoms with van der Waals surface area (Å²) in [7, 11) is 0. The zero-order chi connectivity index (χ0) is 13.1. The van der Waals surface area contributed by atoms with Crippen molar-refractivity contribution in [2.24, 2.45) is 0 Å². The average Bonchev–Trinajstić information content (AvgIpc) is 2.73. The zero-order valence-corrected chi connectivity index (χ0v) is 11.2. The number of aliphatic hydroxyl groups is 1. The maximum Gasteiger partial charge on any atom is 0.138 e. The number of benzene rings is 1. The van der Waals surface area contributed by atoms with Crippen molar-refractivity contribution < 1.29 is 9.90 Å². The molecule has 4 heteroatoms. The van der Waals surface area contributed by atoms with Crippen molar-refractivity contribution in [3.8, 4) is 0 Å². The largest absolute Gasteiger partial charge is 0.392 e. The lowest BCUT2D eigenvalue weighted by Gasteiger charge is -2.22. The second-order valence-electron chi connectivity index (χ2n) is 4.92. The van der Waals surface area contributed by atoms with Crippen molar-refractivity contribution >= 4 is 17.4 Å². The van der Waals surface area contributed by atoms with Crippen LogP contribution >= 0.6 is 11.6 Å². The molecule has 0 aromatic heterocycles. The van der Waals surface area contributed by atoms with E-state index in [4.69, 9.17) is 11.6 Å². The fraction of sp³-hybridized carbons (Fsp3) is 0.500. The Morgan fingerprint density at radius 1 is 1.50 bits per heavy atom. The highest BCUT2D eigenvalue weighted by Gasteiger charge is 2.25. The van der Waals surface area contributed by atoms with Crippen molar-refractivity contribution in [2.45, 2.75) is 25.4 Å². The summed E-state index contributed by atoms with van der Waals surface area (Å²) < 4.78 is 0. The molecule has 2 atom stereocenters. The number of hydrogen-bond acceptors (Lipinski definition) is 3. The summed E-state index contributed by atoms with van der Waals surface area (Å²) in [6, 6.07) is 7.43. The third kappa shape index (κ3) is 3.31. The Balaban J connectivity index is 2.08. The predicted molar refractivity (Wildman–Crippen MR) is 71.9 cm³/mol. The average molecular weight is 268 g/mol. The van der Waals surface area contributed by atoms with Crippen LogP contribution in [-0.2, 0) is 4.79 Å². The highest BCUT2D eigenvalue weighted by atomic mass is 35.5. The second kappa shape index (κ2) is 5.83. The first kappa shape index (κ1) is 13.5. The van der Waals surface area contributed by atoms with Gasteiger partial charge in [0.05, 0.1) is 12.0 Å². The standard InChI is InChI=1S/C14H18ClNO2/c1-10(17)14(9-16-7-6-13(18)8-16)11-2-4-12(15)5-3-11/h2-5,13-14,18H,6-9H2,1H3/t13-,14?/m0/s1. The Hall–Kier alpha value is -0.900. The van der Waals surface area contributed by atoms with Crippen LogP contribution in [0.1, 0.15) is 24.8 Å². The van der Waals surface area contributed by atoms with E-state index < -0.39 is 0 Å². The summed E-state index contributed by atoms with van der Waals surface area (Å²) in [6.07, 6.45) is 0.549. The van der Waals surface area contributed by atoms with Gasteiger partial charge in [0.15, 0.2) is 0 Å². The number of carbonyl (C=O) groups is 1. The van der Waals surface area contributed by atoms with E-state index in [0.717, 1.165) is 18.5 Å². The van der Waals surface area contributed by atoms with Gasteiger partial charge in [0.2, 0.25) is 0 Å². The monoisotopic (exact) mass is 267 g/mol. The molecule has 1 aliphatic rings. The Kier molecular flexibility index (Phi) is 4.38. The molecular weight excluding hydrogens is 250 g/mol. The van der Waals surface area contributed by atoms with E-state index in [2.05, 4.69) is 4.90 Å². The van der Waals surface area contributed by atoms with Crippen molar-refractivity contribution in [3.63, 3.8) is 0 Å². The molecule has 1 fully saturated rings. The maximum absolute atomic E-state index is 11.8. The summed E-state index contributed by atoms with van der Waals surface area (Å²) in [4.78, 5) is 13.9. The Bertz CT molecular complexity index is 418. The molecule has 0 saturated carbocycles. The van der Waals surface area contributed by atoms with Gasteiger partial charge in [-0.2, -0.15) is 0 Å². The van der Waals surface area contributed by atoms with Crippen molar-refractivity contribution in [3.05, 3.63) is 34.9 Å². The van der Waals surface area contributed by atoms with Crippen LogP contribution in [-0.4, -0.2) is 41.5 Å². The second-order valence-corrected chi connectivity index (χ2v) is 5.35. The molecule has 18 heavy (non-hydrogen) atoms. The number of β-amino-alcohol motifs (C(OH)–C–C–N with tert-alkyl or cyclic N) is 1. The van der Waals surface area contributed by atoms with Crippen LogP contribution in [0.5, 0.6) is 0 Å². The van der Waals surface area contributed by atoms with E-state index in [1.54, 1.807) is 6.92 Å². The summed E-state index contributed by atoms with van der Waals surface area (Å²) in [5.74, 6) is 0.0197. The van der Waals surface area contributed by atoms with Crippen molar-refractivity contribution in [2.75, 3.05) is 19.6 Å². The molecule has 98 valence electrons. The summed E-state index contributed by atoms with van der Waals surface area (Å²) in [5, 5.41) is 10.2. The Morgan fingerprint density at radius 2 is 2.17 bits per heavy atom. The normalized spacial score (nSPS) is 22.1. The third-order valence-electron chi connectivity index (χ3n) is 3.45. The van der Waals surface area contributed by atoms with E-state index in [-0.39, 0.29) is 17.8 Å². The van der Waals surface area contributed by atoms with Gasteiger partial charge < -0.3 is 5.11 Å². The number of hydrogen-bond donors (Lipinski definition) is 1. The fourth-order valence-electron chi connectivity index (χ4n) is 2.40. The van der Waals surface area contributed by atoms with Crippen molar-refractivity contribution in [1.82, 2.24) is 4.90 Å². The minimum atomic E-state index is -0.247. The van der Waals surface area contributed by atoms with Gasteiger partial charge in [0, 0.05) is 24.7 Å². The van der Waals surface area contributed by atoms with Gasteiger partial charge in [0.1, 0.15) is 5.78 Å². The first-order chi connectivity index (χ1) is 8.56. The molecule has 0 radical (unpaired) electrons. The van der Waals surface area contributed by atoms with E-state index in [0.29, 0.717) is 18.1 Å². The predicted octanol–water partition coefficient (Wildman–Crippen LogP) is 2.08. The fourth-order valence-corrected chi connectivity index (χ4v) is 2.53. The van der Waals surface area contributed by atoms with Crippen LogP contribution in [0.2, 0.25) is 5.02 Å². The minimum Gasteiger partial charge on any atom is -0.392 e. The number of Topliss-reactive ketones (excluding diaryl/α,β-unsaturated/α-hetero) is 1. The Labute approximate surface area is 112 Å². The molecular formula is C14H18ClNO2. The van der Waals surface area contributed by atoms with Gasteiger partial charge in [-0.3, -0.25) is 9.69 Å². The molecule has 1 N–H and O–H groups in total. The molecule has 0 spiro atoms. The summed E-state index contributed by atoms with van der Waals surface area (Å²) >= 11 is 5.86. The van der Waals surface area contributed by atoms with Gasteiger partial charge in [-0.1, -0.05) is 23.7 Å². The van der Waals surface area contributed by atoms with Crippen LogP contribution in [0.4, 0.5) is 0 Å². The molecule has 3 nitrogen and oxygen atoms in total. The van der Waals surface area contributed by atoms with E-state index in [1.165, 1.54) is 0 Å². The first-order valence-electron chi connectivity index (χ1n) is 6.22. The van der Waals surface area contributed by atoms with Crippen LogP contribution in [0.3, 0.4) is 0 Å². The van der Waals surface area contributed by atoms with Crippen LogP contribution in [0.15, 0.2) is 24.3 Å². The number of likely N-dealkylation sites (tertiary alicyclic amines) is 1. The molecule has 0 bridgehead atoms. The molecule has 1 unspecified atom stereocenters. The molecule has 1 aromatic carbocycles. The quantitative estimate of drug-likeness (QED) is 0.908. The van der Waals surface area contributed by atoms with Gasteiger partial charge >= 0.3 is 0 Å². The van der Waals surface area contributed by atoms with Crippen LogP contribution in [0.25, 0.3) is 0 Å². The summed E-state index contributed by atoms with van der Waals surface area (Å²) in [6.45, 7) is 3.82. The van der Waals surface area contributed by atoms with E-state index in [1.807, 2.05) is 24.3 Å². The van der Waals surface area contributed by atoms with Gasteiger partial charge in [-0.05, 0) is 31.0 Å². The molecule has 2 rings (SSSR count). The number of carbonyl (C=O) groups excluding carboxylic acids is 1. The molecule has 1 heterocycles. The number of rotatable bonds is 4.